The van der Waals surface area contributed by atoms with Crippen molar-refractivity contribution in [2.75, 3.05) is 18.0 Å². The van der Waals surface area contributed by atoms with Gasteiger partial charge in [0.1, 0.15) is 0 Å². The van der Waals surface area contributed by atoms with Crippen LogP contribution in [-0.2, 0) is 6.54 Å². The molecule has 1 amide bonds. The van der Waals surface area contributed by atoms with E-state index in [9.17, 15) is 4.79 Å². The molecule has 8 nitrogen and oxygen atoms in total. The second-order valence-corrected chi connectivity index (χ2v) is 6.66. The second kappa shape index (κ2) is 6.71. The molecule has 0 bridgehead atoms. The maximum absolute atomic E-state index is 11.3. The molecular weight excluding hydrogens is 332 g/mol. The van der Waals surface area contributed by atoms with Gasteiger partial charge in [-0.1, -0.05) is 12.1 Å². The average Bonchev–Trinajstić information content (AvgIpc) is 3.15. The molecule has 1 aromatic carbocycles. The molecule has 132 valence electrons. The van der Waals surface area contributed by atoms with E-state index in [1.54, 1.807) is 5.48 Å². The Morgan fingerprint density at radius 2 is 1.88 bits per heavy atom. The monoisotopic (exact) mass is 350 g/mol. The molecule has 1 saturated carbocycles. The van der Waals surface area contributed by atoms with Gasteiger partial charge in [0.15, 0.2) is 0 Å². The van der Waals surface area contributed by atoms with E-state index in [0.29, 0.717) is 29.4 Å². The van der Waals surface area contributed by atoms with E-state index in [4.69, 9.17) is 10.5 Å². The Labute approximate surface area is 150 Å². The summed E-state index contributed by atoms with van der Waals surface area (Å²) < 4.78 is 0. The minimum absolute atomic E-state index is 0.225. The molecule has 2 fully saturated rings. The van der Waals surface area contributed by atoms with Crippen LogP contribution < -0.4 is 15.7 Å². The Morgan fingerprint density at radius 3 is 2.46 bits per heavy atom. The summed E-state index contributed by atoms with van der Waals surface area (Å²) in [4.78, 5) is 21.8. The highest BCUT2D eigenvalue weighted by molar-refractivity contribution is 5.92. The van der Waals surface area contributed by atoms with Crippen molar-refractivity contribution in [3.63, 3.8) is 0 Å². The number of nitrogens with zero attached hydrogens (tertiary/aromatic N) is 4. The number of hydrogen-bond donors (Lipinski definition) is 3. The third kappa shape index (κ3) is 3.10. The minimum atomic E-state index is -0.618. The third-order valence-electron chi connectivity index (χ3n) is 5.10. The van der Waals surface area contributed by atoms with Crippen molar-refractivity contribution in [3.8, 4) is 6.07 Å². The maximum Gasteiger partial charge on any atom is 0.277 e. The minimum Gasteiger partial charge on any atom is -0.340 e. The first kappa shape index (κ1) is 16.4. The van der Waals surface area contributed by atoms with E-state index in [-0.39, 0.29) is 5.56 Å². The summed E-state index contributed by atoms with van der Waals surface area (Å²) in [7, 11) is 0. The molecule has 3 N–H and O–H groups in total. The molecule has 1 aromatic heterocycles. The number of benzene rings is 1. The molecule has 0 radical (unpaired) electrons. The molecule has 1 unspecified atom stereocenters. The number of nitrogens with one attached hydrogen (secondary N) is 2. The van der Waals surface area contributed by atoms with Crippen molar-refractivity contribution in [2.24, 2.45) is 11.8 Å². The molecule has 2 heterocycles. The first-order valence-corrected chi connectivity index (χ1v) is 8.43. The van der Waals surface area contributed by atoms with Crippen LogP contribution in [0.2, 0.25) is 0 Å². The largest absolute Gasteiger partial charge is 0.340 e. The van der Waals surface area contributed by atoms with Crippen LogP contribution in [0.3, 0.4) is 0 Å². The zero-order chi connectivity index (χ0) is 18.1. The van der Waals surface area contributed by atoms with Gasteiger partial charge < -0.3 is 10.2 Å². The number of anilines is 1. The normalized spacial score (nSPS) is 23.2. The first-order valence-electron chi connectivity index (χ1n) is 8.43. The number of hydrogen-bond acceptors (Lipinski definition) is 7. The number of fused-ring (bicyclic) bond motifs is 1. The van der Waals surface area contributed by atoms with Gasteiger partial charge in [-0.3, -0.25) is 10.0 Å². The number of aromatic nitrogens is 2. The van der Waals surface area contributed by atoms with E-state index in [1.807, 2.05) is 24.3 Å². The van der Waals surface area contributed by atoms with E-state index in [0.717, 1.165) is 19.6 Å². The Balaban J connectivity index is 1.28. The smallest absolute Gasteiger partial charge is 0.277 e. The molecule has 26 heavy (non-hydrogen) atoms. The van der Waals surface area contributed by atoms with Crippen molar-refractivity contribution in [2.45, 2.75) is 12.6 Å². The number of hydroxylamine groups is 1. The van der Waals surface area contributed by atoms with Crippen LogP contribution in [0.1, 0.15) is 21.5 Å². The van der Waals surface area contributed by atoms with E-state index in [1.165, 1.54) is 18.0 Å². The van der Waals surface area contributed by atoms with Crippen LogP contribution in [0.4, 0.5) is 5.95 Å². The van der Waals surface area contributed by atoms with Crippen molar-refractivity contribution >= 4 is 11.9 Å². The lowest BCUT2D eigenvalue weighted by atomic mass is 10.1. The fourth-order valence-corrected chi connectivity index (χ4v) is 3.59. The van der Waals surface area contributed by atoms with Crippen LogP contribution >= 0.6 is 0 Å². The van der Waals surface area contributed by atoms with Gasteiger partial charge in [0.25, 0.3) is 5.91 Å². The van der Waals surface area contributed by atoms with Crippen LogP contribution in [-0.4, -0.2) is 40.2 Å². The molecule has 1 saturated heterocycles. The number of carbonyl (C=O) groups is 1. The molecule has 3 atom stereocenters. The standard InChI is InChI=1S/C18H18N6O2/c19-5-11-1-3-12(4-2-11)6-20-16-14-9-24(10-15(14)16)18-21-7-13(8-22-18)17(25)23-26/h1-4,7-8,14-16,20,26H,6,9-10H2,(H,23,25)/t14-,15+,16?. The molecule has 2 aromatic rings. The van der Waals surface area contributed by atoms with Crippen molar-refractivity contribution in [1.82, 2.24) is 20.8 Å². The summed E-state index contributed by atoms with van der Waals surface area (Å²) in [5.41, 5.74) is 3.64. The summed E-state index contributed by atoms with van der Waals surface area (Å²) in [6, 6.07) is 10.3. The van der Waals surface area contributed by atoms with Gasteiger partial charge in [-0.15, -0.1) is 0 Å². The molecular formula is C18H18N6O2. The van der Waals surface area contributed by atoms with Gasteiger partial charge in [0.05, 0.1) is 17.2 Å². The summed E-state index contributed by atoms with van der Waals surface area (Å²) in [6.07, 6.45) is 2.83. The van der Waals surface area contributed by atoms with E-state index in [2.05, 4.69) is 26.3 Å². The summed E-state index contributed by atoms with van der Waals surface area (Å²) in [5.74, 6) is 1.15. The number of rotatable bonds is 5. The summed E-state index contributed by atoms with van der Waals surface area (Å²) >= 11 is 0. The lowest BCUT2D eigenvalue weighted by molar-refractivity contribution is 0.0705. The van der Waals surface area contributed by atoms with Gasteiger partial charge in [-0.25, -0.2) is 15.4 Å². The fourth-order valence-electron chi connectivity index (χ4n) is 3.59. The fraction of sp³-hybridized carbons (Fsp3) is 0.333. The number of piperidine rings is 1. The predicted molar refractivity (Wildman–Crippen MR) is 92.3 cm³/mol. The lowest BCUT2D eigenvalue weighted by Gasteiger charge is -2.20. The Bertz CT molecular complexity index is 833. The molecule has 0 spiro atoms. The van der Waals surface area contributed by atoms with Crippen LogP contribution in [0.5, 0.6) is 0 Å². The molecule has 8 heteroatoms. The summed E-state index contributed by atoms with van der Waals surface area (Å²) in [6.45, 7) is 2.58. The average molecular weight is 350 g/mol. The van der Waals surface area contributed by atoms with Gasteiger partial charge in [-0.05, 0) is 29.5 Å². The van der Waals surface area contributed by atoms with Gasteiger partial charge >= 0.3 is 0 Å². The predicted octanol–water partition coefficient (Wildman–Crippen LogP) is 0.692. The van der Waals surface area contributed by atoms with Gasteiger partial charge in [0.2, 0.25) is 5.95 Å². The van der Waals surface area contributed by atoms with Gasteiger partial charge in [-0.2, -0.15) is 5.26 Å². The van der Waals surface area contributed by atoms with Crippen LogP contribution in [0.15, 0.2) is 36.7 Å². The SMILES string of the molecule is N#Cc1ccc(CNC2[C@H]3CN(c4ncc(C(=O)NO)cn4)C[C@@H]23)cc1. The Hall–Kier alpha value is -3.02. The number of nitriles is 1. The summed E-state index contributed by atoms with van der Waals surface area (Å²) in [5, 5.41) is 21.0. The zero-order valence-electron chi connectivity index (χ0n) is 14.0. The molecule has 2 aliphatic rings. The van der Waals surface area contributed by atoms with E-state index >= 15 is 0 Å². The topological polar surface area (TPSA) is 114 Å². The highest BCUT2D eigenvalue weighted by atomic mass is 16.5. The second-order valence-electron chi connectivity index (χ2n) is 6.66. The van der Waals surface area contributed by atoms with Crippen LogP contribution in [0, 0.1) is 23.2 Å². The Kier molecular flexibility index (Phi) is 4.24. The highest BCUT2D eigenvalue weighted by Gasteiger charge is 2.55. The molecule has 1 aliphatic heterocycles. The van der Waals surface area contributed by atoms with Crippen molar-refractivity contribution in [1.29, 1.82) is 5.26 Å². The third-order valence-corrected chi connectivity index (χ3v) is 5.10. The van der Waals surface area contributed by atoms with Crippen molar-refractivity contribution < 1.29 is 10.0 Å². The van der Waals surface area contributed by atoms with Crippen LogP contribution in [0.25, 0.3) is 0 Å². The first-order chi connectivity index (χ1) is 12.7. The quantitative estimate of drug-likeness (QED) is 0.537. The lowest BCUT2D eigenvalue weighted by Crippen LogP contribution is -2.32. The maximum atomic E-state index is 11.3. The number of carbonyl (C=O) groups excluding carboxylic acids is 1. The number of amides is 1. The van der Waals surface area contributed by atoms with Gasteiger partial charge in [0, 0.05) is 38.1 Å². The zero-order valence-corrected chi connectivity index (χ0v) is 14.0. The van der Waals surface area contributed by atoms with E-state index < -0.39 is 5.91 Å². The molecule has 1 aliphatic carbocycles. The molecule has 4 rings (SSSR count). The van der Waals surface area contributed by atoms with Crippen molar-refractivity contribution in [3.05, 3.63) is 53.3 Å². The highest BCUT2D eigenvalue weighted by Crippen LogP contribution is 2.46. The Morgan fingerprint density at radius 1 is 1.23 bits per heavy atom.